The maximum atomic E-state index is 12.7. The van der Waals surface area contributed by atoms with E-state index in [4.69, 9.17) is 5.84 Å². The number of nitrogens with zero attached hydrogens (tertiary/aromatic N) is 3. The molecule has 0 spiro atoms. The molecule has 2 aromatic rings. The average molecular weight is 285 g/mol. The lowest BCUT2D eigenvalue weighted by Gasteiger charge is -2.16. The van der Waals surface area contributed by atoms with E-state index in [0.717, 1.165) is 12.1 Å². The average Bonchev–Trinajstić information content (AvgIpc) is 2.81. The minimum absolute atomic E-state index is 0.307. The fraction of sp³-hybridized carbons (Fsp3) is 0.333. The molecule has 0 saturated carbocycles. The predicted molar refractivity (Wildman–Crippen MR) is 66.2 cm³/mol. The number of hydrazine groups is 1. The quantitative estimate of drug-likeness (QED) is 0.661. The van der Waals surface area contributed by atoms with Crippen molar-refractivity contribution in [2.45, 2.75) is 18.6 Å². The Morgan fingerprint density at radius 3 is 2.70 bits per heavy atom. The molecule has 0 aliphatic rings. The Hall–Kier alpha value is -1.93. The van der Waals surface area contributed by atoms with Gasteiger partial charge in [0.15, 0.2) is 0 Å². The van der Waals surface area contributed by atoms with Gasteiger partial charge >= 0.3 is 6.18 Å². The van der Waals surface area contributed by atoms with Crippen LogP contribution in [-0.2, 0) is 19.6 Å². The molecule has 1 aromatic carbocycles. The van der Waals surface area contributed by atoms with Crippen LogP contribution in [0.25, 0.3) is 0 Å². The molecular weight excluding hydrogens is 271 g/mol. The van der Waals surface area contributed by atoms with Crippen LogP contribution >= 0.6 is 0 Å². The van der Waals surface area contributed by atoms with Gasteiger partial charge in [0, 0.05) is 7.05 Å². The number of nitrogens with one attached hydrogen (secondary N) is 1. The van der Waals surface area contributed by atoms with Crippen LogP contribution in [0.2, 0.25) is 0 Å². The molecule has 1 unspecified atom stereocenters. The minimum Gasteiger partial charge on any atom is -0.271 e. The van der Waals surface area contributed by atoms with Crippen LogP contribution in [0.5, 0.6) is 0 Å². The summed E-state index contributed by atoms with van der Waals surface area (Å²) in [5.74, 6) is 5.46. The van der Waals surface area contributed by atoms with Crippen LogP contribution in [0.4, 0.5) is 13.2 Å². The second kappa shape index (κ2) is 5.59. The van der Waals surface area contributed by atoms with Gasteiger partial charge in [-0.2, -0.15) is 13.2 Å². The molecule has 0 fully saturated rings. The number of aryl methyl sites for hydroxylation is 1. The maximum Gasteiger partial charge on any atom is 0.416 e. The lowest BCUT2D eigenvalue weighted by Crippen LogP contribution is -2.31. The standard InChI is InChI=1S/C12H14F3N5/c1-20-11(7-17-19-20)10(18-16)6-8-3-2-4-9(5-8)12(13,14)15/h2-5,7,10,18H,6,16H2,1H3. The first-order chi connectivity index (χ1) is 9.41. The summed E-state index contributed by atoms with van der Waals surface area (Å²) >= 11 is 0. The SMILES string of the molecule is Cn1nncc1C(Cc1cccc(C(F)(F)F)c1)NN. The second-order valence-electron chi connectivity index (χ2n) is 4.40. The van der Waals surface area contributed by atoms with Gasteiger partial charge in [-0.15, -0.1) is 5.10 Å². The lowest BCUT2D eigenvalue weighted by molar-refractivity contribution is -0.137. The predicted octanol–water partition coefficient (Wildman–Crippen LogP) is 1.58. The van der Waals surface area contributed by atoms with E-state index in [2.05, 4.69) is 15.7 Å². The van der Waals surface area contributed by atoms with Crippen molar-refractivity contribution in [3.05, 3.63) is 47.3 Å². The zero-order valence-electron chi connectivity index (χ0n) is 10.7. The number of hydrogen-bond donors (Lipinski definition) is 2. The highest BCUT2D eigenvalue weighted by molar-refractivity contribution is 5.27. The number of nitrogens with two attached hydrogens (primary N) is 1. The Morgan fingerprint density at radius 2 is 2.15 bits per heavy atom. The Bertz CT molecular complexity index is 578. The molecule has 1 heterocycles. The van der Waals surface area contributed by atoms with Crippen molar-refractivity contribution in [1.82, 2.24) is 20.4 Å². The fourth-order valence-corrected chi connectivity index (χ4v) is 1.97. The summed E-state index contributed by atoms with van der Waals surface area (Å²) in [5.41, 5.74) is 3.13. The molecule has 2 rings (SSSR count). The van der Waals surface area contributed by atoms with Crippen molar-refractivity contribution in [3.63, 3.8) is 0 Å². The molecule has 0 bridgehead atoms. The van der Waals surface area contributed by atoms with E-state index in [1.807, 2.05) is 0 Å². The fourth-order valence-electron chi connectivity index (χ4n) is 1.97. The van der Waals surface area contributed by atoms with Gasteiger partial charge in [-0.3, -0.25) is 16.0 Å². The van der Waals surface area contributed by atoms with Gasteiger partial charge in [-0.25, -0.2) is 0 Å². The third-order valence-corrected chi connectivity index (χ3v) is 3.00. The highest BCUT2D eigenvalue weighted by atomic mass is 19.4. The van der Waals surface area contributed by atoms with Gasteiger partial charge in [-0.05, 0) is 18.1 Å². The Morgan fingerprint density at radius 1 is 1.40 bits per heavy atom. The van der Waals surface area contributed by atoms with Gasteiger partial charge in [-0.1, -0.05) is 23.4 Å². The van der Waals surface area contributed by atoms with E-state index >= 15 is 0 Å². The van der Waals surface area contributed by atoms with E-state index in [1.54, 1.807) is 13.1 Å². The molecule has 0 aliphatic heterocycles. The molecule has 8 heteroatoms. The molecule has 108 valence electrons. The van der Waals surface area contributed by atoms with Gasteiger partial charge in [0.1, 0.15) is 0 Å². The third-order valence-electron chi connectivity index (χ3n) is 3.00. The van der Waals surface area contributed by atoms with Crippen molar-refractivity contribution in [1.29, 1.82) is 0 Å². The number of alkyl halides is 3. The van der Waals surface area contributed by atoms with Gasteiger partial charge < -0.3 is 0 Å². The van der Waals surface area contributed by atoms with E-state index in [9.17, 15) is 13.2 Å². The molecule has 5 nitrogen and oxygen atoms in total. The summed E-state index contributed by atoms with van der Waals surface area (Å²) in [4.78, 5) is 0. The van der Waals surface area contributed by atoms with Crippen molar-refractivity contribution in [2.75, 3.05) is 0 Å². The zero-order chi connectivity index (χ0) is 14.8. The van der Waals surface area contributed by atoms with Crippen LogP contribution in [0, 0.1) is 0 Å². The number of hydrogen-bond acceptors (Lipinski definition) is 4. The Balaban J connectivity index is 2.23. The molecule has 1 atom stereocenters. The first-order valence-electron chi connectivity index (χ1n) is 5.88. The van der Waals surface area contributed by atoms with E-state index in [-0.39, 0.29) is 6.04 Å². The highest BCUT2D eigenvalue weighted by Crippen LogP contribution is 2.30. The second-order valence-corrected chi connectivity index (χ2v) is 4.40. The van der Waals surface area contributed by atoms with Gasteiger partial charge in [0.25, 0.3) is 0 Å². The first kappa shape index (κ1) is 14.5. The summed E-state index contributed by atoms with van der Waals surface area (Å²) in [5, 5.41) is 7.50. The number of aromatic nitrogens is 3. The smallest absolute Gasteiger partial charge is 0.271 e. The Labute approximate surface area is 113 Å². The summed E-state index contributed by atoms with van der Waals surface area (Å²) in [6.07, 6.45) is -2.52. The number of halogens is 3. The third kappa shape index (κ3) is 3.14. The molecule has 0 radical (unpaired) electrons. The van der Waals surface area contributed by atoms with Crippen molar-refractivity contribution < 1.29 is 13.2 Å². The number of rotatable bonds is 4. The molecule has 3 N–H and O–H groups in total. The summed E-state index contributed by atoms with van der Waals surface area (Å²) in [6.45, 7) is 0. The van der Waals surface area contributed by atoms with Gasteiger partial charge in [0.2, 0.25) is 0 Å². The van der Waals surface area contributed by atoms with Crippen LogP contribution in [-0.4, -0.2) is 15.0 Å². The van der Waals surface area contributed by atoms with Crippen molar-refractivity contribution in [2.24, 2.45) is 12.9 Å². The monoisotopic (exact) mass is 285 g/mol. The largest absolute Gasteiger partial charge is 0.416 e. The van der Waals surface area contributed by atoms with Crippen LogP contribution in [0.15, 0.2) is 30.5 Å². The van der Waals surface area contributed by atoms with E-state index < -0.39 is 11.7 Å². The topological polar surface area (TPSA) is 68.8 Å². The van der Waals surface area contributed by atoms with Crippen LogP contribution < -0.4 is 11.3 Å². The molecule has 1 aromatic heterocycles. The number of benzene rings is 1. The molecule has 0 saturated heterocycles. The summed E-state index contributed by atoms with van der Waals surface area (Å²) in [7, 11) is 1.69. The first-order valence-corrected chi connectivity index (χ1v) is 5.88. The summed E-state index contributed by atoms with van der Waals surface area (Å²) < 4.78 is 39.5. The molecular formula is C12H14F3N5. The normalized spacial score (nSPS) is 13.4. The van der Waals surface area contributed by atoms with Gasteiger partial charge in [0.05, 0.1) is 23.5 Å². The lowest BCUT2D eigenvalue weighted by atomic mass is 10.0. The minimum atomic E-state index is -4.35. The van der Waals surface area contributed by atoms with Crippen molar-refractivity contribution in [3.8, 4) is 0 Å². The highest BCUT2D eigenvalue weighted by Gasteiger charge is 2.30. The Kier molecular flexibility index (Phi) is 4.05. The van der Waals surface area contributed by atoms with Crippen LogP contribution in [0.1, 0.15) is 22.9 Å². The van der Waals surface area contributed by atoms with E-state index in [0.29, 0.717) is 17.7 Å². The molecule has 0 amide bonds. The molecule has 20 heavy (non-hydrogen) atoms. The maximum absolute atomic E-state index is 12.7. The summed E-state index contributed by atoms with van der Waals surface area (Å²) in [6, 6.07) is 4.81. The zero-order valence-corrected chi connectivity index (χ0v) is 10.7. The molecule has 0 aliphatic carbocycles. The van der Waals surface area contributed by atoms with Crippen molar-refractivity contribution >= 4 is 0 Å². The van der Waals surface area contributed by atoms with E-state index in [1.165, 1.54) is 16.9 Å². The van der Waals surface area contributed by atoms with Crippen LogP contribution in [0.3, 0.4) is 0 Å².